The van der Waals surface area contributed by atoms with Gasteiger partial charge in [-0.05, 0) is 77.7 Å². The highest BCUT2D eigenvalue weighted by atomic mass is 16.5. The largest absolute Gasteiger partial charge is 0.493 e. The van der Waals surface area contributed by atoms with E-state index in [1.165, 1.54) is 22.9 Å². The van der Waals surface area contributed by atoms with Gasteiger partial charge in [0.05, 0.1) is 24.5 Å². The van der Waals surface area contributed by atoms with E-state index in [-0.39, 0.29) is 0 Å². The molecule has 0 N–H and O–H groups in total. The maximum absolute atomic E-state index is 13.2. The molecule has 1 aliphatic heterocycles. The van der Waals surface area contributed by atoms with Gasteiger partial charge in [-0.1, -0.05) is 42.0 Å². The monoisotopic (exact) mass is 476 g/mol. The number of carbonyl (C=O) groups is 2. The van der Waals surface area contributed by atoms with Gasteiger partial charge < -0.3 is 9.47 Å². The Balaban J connectivity index is 1.25. The fraction of sp³-hybridized carbons (Fsp3) is 0.167. The number of hydrogen-bond donors (Lipinski definition) is 0. The van der Waals surface area contributed by atoms with Gasteiger partial charge >= 0.3 is 0 Å². The first-order valence-electron chi connectivity index (χ1n) is 11.9. The first-order chi connectivity index (χ1) is 17.5. The molecule has 1 heterocycles. The minimum absolute atomic E-state index is 0.412. The molecule has 0 saturated carbocycles. The molecule has 4 aromatic carbocycles. The first kappa shape index (κ1) is 22.0. The number of amides is 2. The van der Waals surface area contributed by atoms with Crippen LogP contribution < -0.4 is 9.47 Å². The van der Waals surface area contributed by atoms with E-state index in [1.54, 1.807) is 19.2 Å². The minimum Gasteiger partial charge on any atom is -0.493 e. The third-order valence-corrected chi connectivity index (χ3v) is 6.87. The Bertz CT molecular complexity index is 1510. The van der Waals surface area contributed by atoms with E-state index in [9.17, 15) is 9.59 Å². The van der Waals surface area contributed by atoms with Crippen LogP contribution in [0.5, 0.6) is 11.5 Å². The second-order valence-electron chi connectivity index (χ2n) is 9.15. The van der Waals surface area contributed by atoms with Crippen molar-refractivity contribution in [3.8, 4) is 11.5 Å². The van der Waals surface area contributed by atoms with Crippen LogP contribution in [0.15, 0.2) is 71.8 Å². The zero-order valence-corrected chi connectivity index (χ0v) is 20.1. The summed E-state index contributed by atoms with van der Waals surface area (Å²) in [6.45, 7) is 2.46. The number of benzene rings is 4. The molecule has 0 unspecified atom stereocenters. The van der Waals surface area contributed by atoms with Gasteiger partial charge in [0, 0.05) is 5.39 Å². The van der Waals surface area contributed by atoms with Crippen molar-refractivity contribution >= 4 is 28.8 Å². The van der Waals surface area contributed by atoms with Gasteiger partial charge in [0.15, 0.2) is 11.5 Å². The van der Waals surface area contributed by atoms with Crippen molar-refractivity contribution in [2.45, 2.75) is 26.4 Å². The topological polar surface area (TPSA) is 68.2 Å². The molecular formula is C30H24N2O4. The van der Waals surface area contributed by atoms with Crippen molar-refractivity contribution in [1.82, 2.24) is 5.01 Å². The highest BCUT2D eigenvalue weighted by Crippen LogP contribution is 2.38. The number of ether oxygens (including phenoxy) is 2. The van der Waals surface area contributed by atoms with E-state index in [0.29, 0.717) is 34.8 Å². The van der Waals surface area contributed by atoms with Gasteiger partial charge in [0.25, 0.3) is 11.8 Å². The number of carbonyl (C=O) groups excluding carboxylic acids is 2. The summed E-state index contributed by atoms with van der Waals surface area (Å²) in [7, 11) is 1.57. The third kappa shape index (κ3) is 3.62. The predicted molar refractivity (Wildman–Crippen MR) is 138 cm³/mol. The molecule has 0 bridgehead atoms. The lowest BCUT2D eigenvalue weighted by Crippen LogP contribution is -2.36. The number of hydrazone groups is 1. The number of imide groups is 1. The highest BCUT2D eigenvalue weighted by molar-refractivity contribution is 6.26. The zero-order chi connectivity index (χ0) is 24.8. The van der Waals surface area contributed by atoms with E-state index >= 15 is 0 Å². The molecule has 0 radical (unpaired) electrons. The molecule has 6 rings (SSSR count). The van der Waals surface area contributed by atoms with Crippen LogP contribution in [0.2, 0.25) is 0 Å². The number of hydrogen-bond acceptors (Lipinski definition) is 5. The van der Waals surface area contributed by atoms with E-state index in [2.05, 4.69) is 5.10 Å². The molecule has 36 heavy (non-hydrogen) atoms. The second-order valence-corrected chi connectivity index (χ2v) is 9.15. The smallest absolute Gasteiger partial charge is 0.282 e. The van der Waals surface area contributed by atoms with Crippen molar-refractivity contribution in [3.63, 3.8) is 0 Å². The predicted octanol–water partition coefficient (Wildman–Crippen LogP) is 5.46. The van der Waals surface area contributed by atoms with E-state index in [0.717, 1.165) is 34.2 Å². The quantitative estimate of drug-likeness (QED) is 0.274. The fourth-order valence-corrected chi connectivity index (χ4v) is 4.96. The summed E-state index contributed by atoms with van der Waals surface area (Å²) in [6, 6.07) is 21.1. The Morgan fingerprint density at radius 3 is 2.14 bits per heavy atom. The van der Waals surface area contributed by atoms with Crippen molar-refractivity contribution in [2.75, 3.05) is 7.11 Å². The molecule has 0 fully saturated rings. The molecule has 0 aromatic heterocycles. The van der Waals surface area contributed by atoms with E-state index in [4.69, 9.17) is 9.47 Å². The summed E-state index contributed by atoms with van der Waals surface area (Å²) in [6.07, 6.45) is 3.36. The molecule has 2 aliphatic rings. The molecule has 2 amide bonds. The number of methoxy groups -OCH3 is 1. The normalized spacial score (nSPS) is 14.2. The Hall–Kier alpha value is -4.45. The van der Waals surface area contributed by atoms with Crippen molar-refractivity contribution in [2.24, 2.45) is 5.10 Å². The summed E-state index contributed by atoms with van der Waals surface area (Å²) in [5, 5.41) is 7.05. The van der Waals surface area contributed by atoms with Crippen LogP contribution in [0.25, 0.3) is 10.8 Å². The molecule has 178 valence electrons. The molecule has 4 aromatic rings. The maximum atomic E-state index is 13.2. The number of aryl methyl sites for hydroxylation is 3. The van der Waals surface area contributed by atoms with E-state index < -0.39 is 11.8 Å². The Morgan fingerprint density at radius 1 is 0.833 bits per heavy atom. The van der Waals surface area contributed by atoms with Crippen LogP contribution in [0, 0.1) is 6.92 Å². The summed E-state index contributed by atoms with van der Waals surface area (Å²) < 4.78 is 11.5. The lowest BCUT2D eigenvalue weighted by molar-refractivity contribution is 0.0616. The summed E-state index contributed by atoms with van der Waals surface area (Å²) in [5.74, 6) is 0.308. The second kappa shape index (κ2) is 8.64. The van der Waals surface area contributed by atoms with Gasteiger partial charge in [-0.2, -0.15) is 10.1 Å². The van der Waals surface area contributed by atoms with Crippen molar-refractivity contribution in [1.29, 1.82) is 0 Å². The molecular weight excluding hydrogens is 452 g/mol. The van der Waals surface area contributed by atoms with Crippen molar-refractivity contribution < 1.29 is 19.1 Å². The summed E-state index contributed by atoms with van der Waals surface area (Å²) in [4.78, 5) is 26.5. The Kier molecular flexibility index (Phi) is 5.29. The molecule has 6 heteroatoms. The summed E-state index contributed by atoms with van der Waals surface area (Å²) in [5.41, 5.74) is 6.34. The van der Waals surface area contributed by atoms with Gasteiger partial charge in [0.1, 0.15) is 6.61 Å². The standard InChI is InChI=1S/C30H24N2O4/c1-18-3-5-19(6-4-18)17-36-25-14-7-20(15-26(25)35-2)16-31-32-29(33)23-12-10-21-8-9-22-11-13-24(30(32)34)28(23)27(21)22/h3-7,10-16H,8-9,17H2,1-2H3/b31-16-. The Labute approximate surface area is 208 Å². The first-order valence-corrected chi connectivity index (χ1v) is 11.9. The average Bonchev–Trinajstić information content (AvgIpc) is 3.33. The maximum Gasteiger partial charge on any atom is 0.282 e. The number of nitrogens with zero attached hydrogens (tertiary/aromatic N) is 2. The van der Waals surface area contributed by atoms with Crippen LogP contribution in [-0.2, 0) is 19.4 Å². The average molecular weight is 477 g/mol. The molecule has 0 atom stereocenters. The van der Waals surface area contributed by atoms with Gasteiger partial charge in [-0.15, -0.1) is 0 Å². The Morgan fingerprint density at radius 2 is 1.50 bits per heavy atom. The zero-order valence-electron chi connectivity index (χ0n) is 20.1. The number of rotatable bonds is 6. The van der Waals surface area contributed by atoms with Crippen molar-refractivity contribution in [3.05, 3.63) is 106 Å². The molecule has 0 saturated heterocycles. The molecule has 0 spiro atoms. The van der Waals surface area contributed by atoms with Gasteiger partial charge in [-0.3, -0.25) is 9.59 Å². The lowest BCUT2D eigenvalue weighted by Gasteiger charge is -2.23. The fourth-order valence-electron chi connectivity index (χ4n) is 4.96. The van der Waals surface area contributed by atoms with Crippen LogP contribution >= 0.6 is 0 Å². The molecule has 6 nitrogen and oxygen atoms in total. The van der Waals surface area contributed by atoms with Crippen LogP contribution in [0.3, 0.4) is 0 Å². The SMILES string of the molecule is COc1cc(/C=N\N2C(=O)c3ccc4c5c(ccc(c35)C2=O)CC4)ccc1OCc1ccc(C)cc1. The minimum atomic E-state index is -0.413. The highest BCUT2D eigenvalue weighted by Gasteiger charge is 2.35. The van der Waals surface area contributed by atoms with E-state index in [1.807, 2.05) is 61.5 Å². The van der Waals surface area contributed by atoms with Crippen LogP contribution in [0.1, 0.15) is 48.5 Å². The van der Waals surface area contributed by atoms with Gasteiger partial charge in [-0.25, -0.2) is 0 Å². The van der Waals surface area contributed by atoms with Crippen LogP contribution in [0.4, 0.5) is 0 Å². The molecule has 1 aliphatic carbocycles. The van der Waals surface area contributed by atoms with Crippen LogP contribution in [-0.4, -0.2) is 30.1 Å². The van der Waals surface area contributed by atoms with Gasteiger partial charge in [0.2, 0.25) is 0 Å². The summed E-state index contributed by atoms with van der Waals surface area (Å²) >= 11 is 0. The lowest BCUT2D eigenvalue weighted by atomic mass is 9.92. The third-order valence-electron chi connectivity index (χ3n) is 6.87.